The van der Waals surface area contributed by atoms with Gasteiger partial charge in [-0.15, -0.1) is 0 Å². The topological polar surface area (TPSA) is 49.8 Å². The molecular weight excluding hydrogens is 266 g/mol. The summed E-state index contributed by atoms with van der Waals surface area (Å²) >= 11 is 5.93. The number of carbonyl (C=O) groups is 1. The van der Waals surface area contributed by atoms with Gasteiger partial charge < -0.3 is 14.7 Å². The van der Waals surface area contributed by atoms with E-state index in [-0.39, 0.29) is 25.2 Å². The Hall–Kier alpha value is -1.52. The molecule has 0 spiro atoms. The van der Waals surface area contributed by atoms with Crippen LogP contribution in [0.25, 0.3) is 6.08 Å². The van der Waals surface area contributed by atoms with Crippen LogP contribution in [0.1, 0.15) is 12.5 Å². The van der Waals surface area contributed by atoms with Crippen molar-refractivity contribution in [1.29, 1.82) is 0 Å². The van der Waals surface area contributed by atoms with E-state index in [0.29, 0.717) is 10.6 Å². The molecule has 1 N–H and O–H groups in total. The molecule has 0 bridgehead atoms. The van der Waals surface area contributed by atoms with Gasteiger partial charge in [-0.2, -0.15) is 0 Å². The molecule has 1 amide bonds. The van der Waals surface area contributed by atoms with Gasteiger partial charge in [-0.1, -0.05) is 11.6 Å². The van der Waals surface area contributed by atoms with Crippen molar-refractivity contribution in [2.24, 2.45) is 0 Å². The number of aliphatic hydroxyl groups excluding tert-OH is 1. The fourth-order valence-corrected chi connectivity index (χ4v) is 2.00. The fourth-order valence-electron chi connectivity index (χ4n) is 1.82. The first-order chi connectivity index (χ1) is 9.02. The lowest BCUT2D eigenvalue weighted by atomic mass is 10.1. The van der Waals surface area contributed by atoms with Crippen LogP contribution in [0.2, 0.25) is 5.02 Å². The lowest BCUT2D eigenvalue weighted by Crippen LogP contribution is -2.39. The first kappa shape index (κ1) is 13.9. The van der Waals surface area contributed by atoms with Crippen molar-refractivity contribution in [2.75, 3.05) is 20.3 Å². The zero-order valence-electron chi connectivity index (χ0n) is 10.9. The Balaban J connectivity index is 2.25. The van der Waals surface area contributed by atoms with Crippen LogP contribution in [0.4, 0.5) is 0 Å². The van der Waals surface area contributed by atoms with Gasteiger partial charge in [0.25, 0.3) is 5.91 Å². The summed E-state index contributed by atoms with van der Waals surface area (Å²) in [6.45, 7) is 1.95. The number of hydrogen-bond acceptors (Lipinski definition) is 3. The largest absolute Gasteiger partial charge is 0.488 e. The summed E-state index contributed by atoms with van der Waals surface area (Å²) in [4.78, 5) is 13.7. The molecule has 1 unspecified atom stereocenters. The van der Waals surface area contributed by atoms with Crippen molar-refractivity contribution >= 4 is 23.6 Å². The summed E-state index contributed by atoms with van der Waals surface area (Å²) in [6, 6.07) is 5.07. The molecule has 0 aromatic heterocycles. The van der Waals surface area contributed by atoms with Gasteiger partial charge in [0.15, 0.2) is 0 Å². The number of likely N-dealkylation sites (N-methyl/N-ethyl adjacent to an activating group) is 1. The van der Waals surface area contributed by atoms with E-state index in [2.05, 4.69) is 0 Å². The molecule has 1 aromatic rings. The number of halogens is 1. The molecule has 1 heterocycles. The van der Waals surface area contributed by atoms with E-state index in [1.165, 1.54) is 4.90 Å². The summed E-state index contributed by atoms with van der Waals surface area (Å²) in [5.41, 5.74) is 1.35. The van der Waals surface area contributed by atoms with Crippen molar-refractivity contribution < 1.29 is 14.6 Å². The minimum absolute atomic E-state index is 0.0706. The number of amides is 1. The molecule has 0 saturated carbocycles. The number of nitrogens with zero attached hydrogens (tertiary/aromatic N) is 1. The van der Waals surface area contributed by atoms with Gasteiger partial charge >= 0.3 is 0 Å². The number of ether oxygens (including phenoxy) is 1. The van der Waals surface area contributed by atoms with Crippen LogP contribution in [-0.4, -0.2) is 42.2 Å². The van der Waals surface area contributed by atoms with Crippen LogP contribution in [0.5, 0.6) is 5.75 Å². The number of benzene rings is 1. The van der Waals surface area contributed by atoms with Crippen molar-refractivity contribution in [1.82, 2.24) is 4.90 Å². The first-order valence-electron chi connectivity index (χ1n) is 6.04. The summed E-state index contributed by atoms with van der Waals surface area (Å²) < 4.78 is 5.54. The molecule has 0 fully saturated rings. The summed E-state index contributed by atoms with van der Waals surface area (Å²) in [5, 5.41) is 9.69. The maximum Gasteiger partial charge on any atom is 0.253 e. The number of carbonyl (C=O) groups excluding carboxylic acids is 1. The van der Waals surface area contributed by atoms with E-state index >= 15 is 0 Å². The second kappa shape index (κ2) is 5.63. The molecule has 0 aliphatic carbocycles. The lowest BCUT2D eigenvalue weighted by Gasteiger charge is -2.26. The van der Waals surface area contributed by atoms with Crippen molar-refractivity contribution in [3.63, 3.8) is 0 Å². The van der Waals surface area contributed by atoms with Crippen LogP contribution in [0, 0.1) is 0 Å². The summed E-state index contributed by atoms with van der Waals surface area (Å²) in [7, 11) is 1.66. The summed E-state index contributed by atoms with van der Waals surface area (Å²) in [6.07, 6.45) is 1.79. The third kappa shape index (κ3) is 2.91. The third-order valence-electron chi connectivity index (χ3n) is 3.21. The second-order valence-corrected chi connectivity index (χ2v) is 5.02. The monoisotopic (exact) mass is 281 g/mol. The number of aliphatic hydroxyl groups is 1. The van der Waals surface area contributed by atoms with Crippen molar-refractivity contribution in [3.8, 4) is 5.75 Å². The van der Waals surface area contributed by atoms with E-state index in [0.717, 1.165) is 11.3 Å². The molecule has 1 atom stereocenters. The Morgan fingerprint density at radius 1 is 1.58 bits per heavy atom. The van der Waals surface area contributed by atoms with Gasteiger partial charge in [0, 0.05) is 17.6 Å². The third-order valence-corrected chi connectivity index (χ3v) is 3.44. The lowest BCUT2D eigenvalue weighted by molar-refractivity contribution is -0.128. The van der Waals surface area contributed by atoms with Crippen LogP contribution < -0.4 is 4.74 Å². The van der Waals surface area contributed by atoms with Crippen LogP contribution in [0.3, 0.4) is 0 Å². The quantitative estimate of drug-likeness (QED) is 0.921. The highest BCUT2D eigenvalue weighted by atomic mass is 35.5. The Morgan fingerprint density at radius 3 is 3.00 bits per heavy atom. The molecule has 5 heteroatoms. The van der Waals surface area contributed by atoms with E-state index in [9.17, 15) is 4.79 Å². The molecule has 1 aliphatic heterocycles. The zero-order chi connectivity index (χ0) is 14.0. The molecule has 0 saturated heterocycles. The number of hydrogen-bond donors (Lipinski definition) is 1. The number of rotatable bonds is 3. The molecule has 1 aliphatic rings. The highest BCUT2D eigenvalue weighted by Crippen LogP contribution is 2.29. The second-order valence-electron chi connectivity index (χ2n) is 4.59. The molecule has 2 rings (SSSR count). The van der Waals surface area contributed by atoms with E-state index in [1.54, 1.807) is 38.2 Å². The van der Waals surface area contributed by atoms with E-state index in [4.69, 9.17) is 21.4 Å². The van der Waals surface area contributed by atoms with Gasteiger partial charge in [0.1, 0.15) is 12.4 Å². The van der Waals surface area contributed by atoms with E-state index in [1.807, 2.05) is 0 Å². The van der Waals surface area contributed by atoms with Gasteiger partial charge in [0.05, 0.1) is 18.2 Å². The fraction of sp³-hybridized carbons (Fsp3) is 0.357. The van der Waals surface area contributed by atoms with Crippen molar-refractivity contribution in [3.05, 3.63) is 34.4 Å². The van der Waals surface area contributed by atoms with Crippen LogP contribution >= 0.6 is 11.6 Å². The smallest absolute Gasteiger partial charge is 0.253 e. The Morgan fingerprint density at radius 2 is 2.32 bits per heavy atom. The van der Waals surface area contributed by atoms with Gasteiger partial charge in [0.2, 0.25) is 0 Å². The minimum atomic E-state index is -0.228. The number of fused-ring (bicyclic) bond motifs is 1. The maximum absolute atomic E-state index is 12.2. The molecule has 4 nitrogen and oxygen atoms in total. The summed E-state index contributed by atoms with van der Waals surface area (Å²) in [5.74, 6) is 0.575. The predicted octanol–water partition coefficient (Wildman–Crippen LogP) is 1.96. The highest BCUT2D eigenvalue weighted by molar-refractivity contribution is 6.30. The molecule has 0 radical (unpaired) electrons. The first-order valence-corrected chi connectivity index (χ1v) is 6.41. The highest BCUT2D eigenvalue weighted by Gasteiger charge is 2.22. The predicted molar refractivity (Wildman–Crippen MR) is 74.2 cm³/mol. The van der Waals surface area contributed by atoms with E-state index < -0.39 is 0 Å². The minimum Gasteiger partial charge on any atom is -0.488 e. The van der Waals surface area contributed by atoms with Crippen LogP contribution in [0.15, 0.2) is 23.8 Å². The molecule has 102 valence electrons. The molecular formula is C14H16ClNO3. The Bertz CT molecular complexity index is 527. The van der Waals surface area contributed by atoms with Gasteiger partial charge in [-0.25, -0.2) is 0 Å². The van der Waals surface area contributed by atoms with Gasteiger partial charge in [-0.3, -0.25) is 4.79 Å². The SMILES string of the molecule is CC(CO)N(C)C(=O)C1=Cc2cc(Cl)ccc2OC1. The zero-order valence-corrected chi connectivity index (χ0v) is 11.6. The standard InChI is InChI=1S/C14H16ClNO3/c1-9(7-17)16(2)14(18)11-5-10-6-12(15)3-4-13(10)19-8-11/h3-6,9,17H,7-8H2,1-2H3. The molecule has 1 aromatic carbocycles. The van der Waals surface area contributed by atoms with Gasteiger partial charge in [-0.05, 0) is 31.2 Å². The molecule has 19 heavy (non-hydrogen) atoms. The Labute approximate surface area is 117 Å². The maximum atomic E-state index is 12.2. The van der Waals surface area contributed by atoms with Crippen LogP contribution in [-0.2, 0) is 4.79 Å². The normalized spacial score (nSPS) is 15.1. The Kier molecular flexibility index (Phi) is 4.12. The average Bonchev–Trinajstić information content (AvgIpc) is 2.43. The average molecular weight is 282 g/mol. The van der Waals surface area contributed by atoms with Crippen molar-refractivity contribution in [2.45, 2.75) is 13.0 Å².